The van der Waals surface area contributed by atoms with Gasteiger partial charge in [-0.3, -0.25) is 4.79 Å². The molecule has 1 aliphatic heterocycles. The van der Waals surface area contributed by atoms with Crippen LogP contribution in [0.2, 0.25) is 20.1 Å². The number of benzene rings is 3. The highest BCUT2D eigenvalue weighted by molar-refractivity contribution is 6.54. The molecule has 0 aromatic heterocycles. The molecule has 0 bridgehead atoms. The van der Waals surface area contributed by atoms with E-state index in [1.807, 2.05) is 75.3 Å². The Kier molecular flexibility index (Phi) is 17.3. The Morgan fingerprint density at radius 2 is 1.21 bits per heavy atom. The second-order valence-corrected chi connectivity index (χ2v) is 9.74. The second kappa shape index (κ2) is 18.4. The minimum absolute atomic E-state index is 0.0149. The largest absolute Gasteiger partial charge is 0.496 e. The summed E-state index contributed by atoms with van der Waals surface area (Å²) in [6, 6.07) is 3.56. The fourth-order valence-corrected chi connectivity index (χ4v) is 5.55. The smallest absolute Gasteiger partial charge is 0.340 e. The van der Waals surface area contributed by atoms with E-state index in [1.54, 1.807) is 27.0 Å². The molecule has 2 aromatic rings. The highest BCUT2D eigenvalue weighted by Gasteiger charge is 2.32. The van der Waals surface area contributed by atoms with Crippen LogP contribution in [-0.4, -0.2) is 20.2 Å². The van der Waals surface area contributed by atoms with Gasteiger partial charge in [-0.15, -0.1) is 0 Å². The summed E-state index contributed by atoms with van der Waals surface area (Å²) >= 11 is 26.1. The fourth-order valence-electron chi connectivity index (χ4n) is 4.52. The van der Waals surface area contributed by atoms with E-state index in [0.717, 1.165) is 5.56 Å². The van der Waals surface area contributed by atoms with Crippen LogP contribution in [0.5, 0.6) is 5.75 Å². The van der Waals surface area contributed by atoms with Crippen molar-refractivity contribution in [3.63, 3.8) is 0 Å². The number of hydrogen-bond acceptors (Lipinski definition) is 5. The van der Waals surface area contributed by atoms with Gasteiger partial charge < -0.3 is 13.9 Å². The van der Waals surface area contributed by atoms with Gasteiger partial charge in [0.25, 0.3) is 0 Å². The number of methoxy groups -OCH3 is 2. The van der Waals surface area contributed by atoms with Gasteiger partial charge in [0.05, 0.1) is 39.9 Å². The third-order valence-electron chi connectivity index (χ3n) is 6.14. The number of carbonyl (C=O) groups excluding carboxylic acids is 1. The van der Waals surface area contributed by atoms with Crippen LogP contribution in [0.25, 0.3) is 33.4 Å². The molecule has 43 heavy (non-hydrogen) atoms. The molecule has 5 nitrogen and oxygen atoms in total. The first kappa shape index (κ1) is 40.6. The molecule has 1 aliphatic carbocycles. The van der Waals surface area contributed by atoms with Gasteiger partial charge in [-0.25, -0.2) is 4.79 Å². The molecule has 1 heterocycles. The van der Waals surface area contributed by atoms with Crippen molar-refractivity contribution in [2.45, 2.75) is 83.1 Å². The zero-order valence-electron chi connectivity index (χ0n) is 27.7. The van der Waals surface area contributed by atoms with Gasteiger partial charge in [0.2, 0.25) is 0 Å². The number of halogens is 4. The summed E-state index contributed by atoms with van der Waals surface area (Å²) in [7, 11) is 2.80. The molecule has 0 atom stereocenters. The van der Waals surface area contributed by atoms with Crippen LogP contribution in [0.1, 0.15) is 88.0 Å². The van der Waals surface area contributed by atoms with Crippen molar-refractivity contribution in [1.82, 2.24) is 0 Å². The van der Waals surface area contributed by atoms with Crippen molar-refractivity contribution >= 4 is 63.3 Å². The monoisotopic (exact) mass is 672 g/mol. The summed E-state index contributed by atoms with van der Waals surface area (Å²) in [5.41, 5.74) is 3.97. The van der Waals surface area contributed by atoms with Crippen LogP contribution < -0.4 is 10.2 Å². The lowest BCUT2D eigenvalue weighted by Gasteiger charge is -2.23. The van der Waals surface area contributed by atoms with E-state index in [-0.39, 0.29) is 36.6 Å². The van der Waals surface area contributed by atoms with Crippen molar-refractivity contribution in [3.8, 4) is 28.2 Å². The predicted octanol–water partition coefficient (Wildman–Crippen LogP) is 12.3. The van der Waals surface area contributed by atoms with Crippen LogP contribution >= 0.6 is 46.4 Å². The van der Waals surface area contributed by atoms with Gasteiger partial charge in [0.1, 0.15) is 17.1 Å². The molecule has 0 amide bonds. The summed E-state index contributed by atoms with van der Waals surface area (Å²) in [5, 5.41) is 0.454. The normalized spacial score (nSPS) is 9.81. The topological polar surface area (TPSA) is 65.7 Å². The van der Waals surface area contributed by atoms with E-state index >= 15 is 0 Å². The van der Waals surface area contributed by atoms with Crippen molar-refractivity contribution in [3.05, 3.63) is 70.3 Å². The summed E-state index contributed by atoms with van der Waals surface area (Å²) in [6.45, 7) is 23.1. The standard InChI is InChI=1S/C26H20Cl4O5.4C2H6/c1-9-7-13-15(16-17(26(32)34-6)19(28)21(30)20(29)18(16)27)14-8-10(2)23(33-5)12(4)25(14)35-24(13)11(3)22(9)31;4*1-2/h7-8H,1-6H3;4*1-2H3. The first-order valence-electron chi connectivity index (χ1n) is 14.5. The average molecular weight is 675 g/mol. The van der Waals surface area contributed by atoms with Gasteiger partial charge in [-0.05, 0) is 51.0 Å². The van der Waals surface area contributed by atoms with Crippen LogP contribution in [0.4, 0.5) is 0 Å². The van der Waals surface area contributed by atoms with Crippen LogP contribution in [0.3, 0.4) is 0 Å². The van der Waals surface area contributed by atoms with E-state index in [2.05, 4.69) is 0 Å². The Hall–Kier alpha value is -2.44. The van der Waals surface area contributed by atoms with Crippen LogP contribution in [0.15, 0.2) is 21.3 Å². The van der Waals surface area contributed by atoms with Crippen molar-refractivity contribution in [2.75, 3.05) is 14.2 Å². The maximum atomic E-state index is 13.0. The zero-order valence-corrected chi connectivity index (χ0v) is 30.7. The molecule has 0 unspecified atom stereocenters. The third kappa shape index (κ3) is 7.62. The Labute approximate surface area is 276 Å². The fraction of sp³-hybridized carbons (Fsp3) is 0.412. The zero-order chi connectivity index (χ0) is 33.9. The Morgan fingerprint density at radius 1 is 0.698 bits per heavy atom. The highest BCUT2D eigenvalue weighted by Crippen LogP contribution is 2.52. The molecule has 0 saturated carbocycles. The first-order valence-corrected chi connectivity index (χ1v) is 16.0. The van der Waals surface area contributed by atoms with E-state index in [0.29, 0.717) is 50.3 Å². The molecule has 0 spiro atoms. The SMILES string of the molecule is CC.CC.CC.CC.COC(=O)c1c(Cl)c(Cl)c(Cl)c(Cl)c1-c1c2cc(C)c(=O)c(C)c-2oc2c(C)c(OC)c(C)cc12. The summed E-state index contributed by atoms with van der Waals surface area (Å²) in [5.74, 6) is 0.222. The highest BCUT2D eigenvalue weighted by atomic mass is 35.5. The number of hydrogen-bond donors (Lipinski definition) is 0. The summed E-state index contributed by atoms with van der Waals surface area (Å²) in [6.07, 6.45) is 0. The Morgan fingerprint density at radius 3 is 1.70 bits per heavy atom. The molecule has 2 aliphatic rings. The van der Waals surface area contributed by atoms with Gasteiger partial charge in [0, 0.05) is 33.2 Å². The minimum Gasteiger partial charge on any atom is -0.496 e. The van der Waals surface area contributed by atoms with Gasteiger partial charge in [-0.2, -0.15) is 0 Å². The molecule has 0 N–H and O–H groups in total. The molecule has 0 radical (unpaired) electrons. The molecular formula is C34H44Cl4O5. The lowest BCUT2D eigenvalue weighted by Crippen LogP contribution is -2.13. The predicted molar refractivity (Wildman–Crippen MR) is 187 cm³/mol. The number of carbonyl (C=O) groups is 1. The number of aryl methyl sites for hydroxylation is 3. The van der Waals surface area contributed by atoms with E-state index in [4.69, 9.17) is 60.3 Å². The van der Waals surface area contributed by atoms with Crippen molar-refractivity contribution in [2.24, 2.45) is 0 Å². The average Bonchev–Trinajstić information content (AvgIpc) is 3.04. The Balaban J connectivity index is 0.00000204. The molecule has 4 rings (SSSR count). The van der Waals surface area contributed by atoms with Gasteiger partial charge in [0.15, 0.2) is 5.43 Å². The lowest BCUT2D eigenvalue weighted by molar-refractivity contribution is 0.0602. The number of esters is 1. The van der Waals surface area contributed by atoms with E-state index in [9.17, 15) is 9.59 Å². The quantitative estimate of drug-likeness (QED) is 0.0937. The molecular weight excluding hydrogens is 630 g/mol. The maximum Gasteiger partial charge on any atom is 0.340 e. The lowest BCUT2D eigenvalue weighted by atomic mass is 9.87. The van der Waals surface area contributed by atoms with E-state index in [1.165, 1.54) is 7.11 Å². The molecule has 2 aromatic carbocycles. The maximum absolute atomic E-state index is 13.0. The van der Waals surface area contributed by atoms with Crippen molar-refractivity contribution in [1.29, 1.82) is 0 Å². The molecule has 9 heteroatoms. The van der Waals surface area contributed by atoms with Gasteiger partial charge >= 0.3 is 5.97 Å². The number of ether oxygens (including phenoxy) is 2. The first-order chi connectivity index (χ1) is 20.5. The Bertz CT molecular complexity index is 1590. The second-order valence-electron chi connectivity index (χ2n) is 8.23. The van der Waals surface area contributed by atoms with Gasteiger partial charge in [-0.1, -0.05) is 102 Å². The molecule has 0 fully saturated rings. The van der Waals surface area contributed by atoms with Crippen LogP contribution in [0, 0.1) is 27.7 Å². The molecule has 238 valence electrons. The number of fused-ring (bicyclic) bond motifs is 2. The third-order valence-corrected chi connectivity index (χ3v) is 7.95. The minimum atomic E-state index is -0.747. The molecule has 0 saturated heterocycles. The van der Waals surface area contributed by atoms with Crippen molar-refractivity contribution < 1.29 is 18.7 Å². The van der Waals surface area contributed by atoms with Crippen LogP contribution in [-0.2, 0) is 4.74 Å². The van der Waals surface area contributed by atoms with E-state index < -0.39 is 5.97 Å². The summed E-state index contributed by atoms with van der Waals surface area (Å²) in [4.78, 5) is 25.8. The summed E-state index contributed by atoms with van der Waals surface area (Å²) < 4.78 is 16.9. The number of rotatable bonds is 3.